The lowest BCUT2D eigenvalue weighted by molar-refractivity contribution is -0.0135. The summed E-state index contributed by atoms with van der Waals surface area (Å²) in [5, 5.41) is 4.02. The number of aryl methyl sites for hydroxylation is 1. The molecule has 1 saturated carbocycles. The summed E-state index contributed by atoms with van der Waals surface area (Å²) in [4.78, 5) is 12.6. The maximum absolute atomic E-state index is 5.96. The van der Waals surface area contributed by atoms with Crippen LogP contribution in [-0.4, -0.2) is 39.2 Å². The quantitative estimate of drug-likeness (QED) is 0.809. The molecule has 0 aromatic carbocycles. The number of nitrogens with zero attached hydrogens (tertiary/aromatic N) is 4. The molecule has 1 aliphatic carbocycles. The lowest BCUT2D eigenvalue weighted by atomic mass is 10.1. The highest BCUT2D eigenvalue weighted by Crippen LogP contribution is 2.38. The van der Waals surface area contributed by atoms with E-state index in [0.717, 1.165) is 44.0 Å². The summed E-state index contributed by atoms with van der Waals surface area (Å²) in [7, 11) is 0. The summed E-state index contributed by atoms with van der Waals surface area (Å²) >= 11 is 1.75. The first kappa shape index (κ1) is 15.2. The van der Waals surface area contributed by atoms with E-state index < -0.39 is 0 Å². The van der Waals surface area contributed by atoms with Gasteiger partial charge in [0.1, 0.15) is 6.61 Å². The molecule has 1 saturated heterocycles. The largest absolute Gasteiger partial charge is 0.368 e. The van der Waals surface area contributed by atoms with Gasteiger partial charge in [0.25, 0.3) is 5.89 Å². The summed E-state index contributed by atoms with van der Waals surface area (Å²) in [5.41, 5.74) is 3.09. The molecule has 3 heterocycles. The van der Waals surface area contributed by atoms with Crippen molar-refractivity contribution in [1.82, 2.24) is 20.0 Å². The minimum absolute atomic E-state index is 0.296. The minimum atomic E-state index is 0.296. The number of rotatable bonds is 6. The van der Waals surface area contributed by atoms with Gasteiger partial charge in [-0.15, -0.1) is 11.3 Å². The number of hydrogen-bond acceptors (Lipinski definition) is 7. The monoisotopic (exact) mass is 334 g/mol. The number of thiazole rings is 1. The van der Waals surface area contributed by atoms with Crippen LogP contribution in [0.25, 0.3) is 0 Å². The third kappa shape index (κ3) is 3.79. The van der Waals surface area contributed by atoms with Gasteiger partial charge in [0.15, 0.2) is 5.82 Å². The molecule has 0 N–H and O–H groups in total. The first-order valence-corrected chi connectivity index (χ1v) is 9.21. The average Bonchev–Trinajstić information content (AvgIpc) is 3.18. The van der Waals surface area contributed by atoms with Crippen molar-refractivity contribution in [3.63, 3.8) is 0 Å². The van der Waals surface area contributed by atoms with Crippen molar-refractivity contribution in [1.29, 1.82) is 0 Å². The Bertz CT molecular complexity index is 644. The highest BCUT2D eigenvalue weighted by atomic mass is 32.1. The molecule has 0 spiro atoms. The van der Waals surface area contributed by atoms with Gasteiger partial charge in [-0.1, -0.05) is 5.16 Å². The molecule has 2 aromatic rings. The zero-order valence-electron chi connectivity index (χ0n) is 13.4. The van der Waals surface area contributed by atoms with Crippen LogP contribution < -0.4 is 0 Å². The fourth-order valence-electron chi connectivity index (χ4n) is 2.94. The summed E-state index contributed by atoms with van der Waals surface area (Å²) in [6.45, 7) is 5.68. The molecule has 0 atom stereocenters. The van der Waals surface area contributed by atoms with Crippen LogP contribution in [0.15, 0.2) is 10.0 Å². The molecule has 2 fully saturated rings. The van der Waals surface area contributed by atoms with Gasteiger partial charge in [-0.05, 0) is 32.6 Å². The predicted octanol–water partition coefficient (Wildman–Crippen LogP) is 2.89. The Kier molecular flexibility index (Phi) is 4.41. The highest BCUT2D eigenvalue weighted by molar-refractivity contribution is 7.09. The number of likely N-dealkylation sites (tertiary alicyclic amines) is 1. The van der Waals surface area contributed by atoms with Crippen LogP contribution in [0.2, 0.25) is 0 Å². The van der Waals surface area contributed by atoms with Gasteiger partial charge in [-0.2, -0.15) is 4.98 Å². The number of aromatic nitrogens is 3. The van der Waals surface area contributed by atoms with Crippen molar-refractivity contribution in [2.45, 2.75) is 57.8 Å². The fourth-order valence-corrected chi connectivity index (χ4v) is 3.76. The molecule has 124 valence electrons. The fraction of sp³-hybridized carbons (Fsp3) is 0.688. The number of ether oxygens (including phenoxy) is 1. The van der Waals surface area contributed by atoms with E-state index in [0.29, 0.717) is 24.5 Å². The molecule has 23 heavy (non-hydrogen) atoms. The topological polar surface area (TPSA) is 64.3 Å². The van der Waals surface area contributed by atoms with Crippen LogP contribution in [0.3, 0.4) is 0 Å². The molecular formula is C16H22N4O2S. The third-order valence-electron chi connectivity index (χ3n) is 4.62. The Labute approximate surface area is 139 Å². The van der Waals surface area contributed by atoms with E-state index >= 15 is 0 Å². The van der Waals surface area contributed by atoms with Crippen LogP contribution >= 0.6 is 11.3 Å². The maximum Gasteiger partial charge on any atom is 0.252 e. The summed E-state index contributed by atoms with van der Waals surface area (Å²) in [6, 6.07) is 0. The standard InChI is InChI=1S/C16H22N4O2S/c1-11-14(23-10-17-11)8-20-6-4-13(5-7-20)21-9-15-18-16(19-22-15)12-2-3-12/h10,12-13H,2-9H2,1H3. The van der Waals surface area contributed by atoms with E-state index in [1.165, 1.54) is 17.7 Å². The van der Waals surface area contributed by atoms with Crippen LogP contribution in [0.5, 0.6) is 0 Å². The summed E-state index contributed by atoms with van der Waals surface area (Å²) < 4.78 is 11.2. The van der Waals surface area contributed by atoms with Gasteiger partial charge in [0.05, 0.1) is 17.3 Å². The highest BCUT2D eigenvalue weighted by Gasteiger charge is 2.29. The van der Waals surface area contributed by atoms with Crippen LogP contribution in [0.1, 0.15) is 53.9 Å². The van der Waals surface area contributed by atoms with Gasteiger partial charge < -0.3 is 9.26 Å². The van der Waals surface area contributed by atoms with Gasteiger partial charge >= 0.3 is 0 Å². The Morgan fingerprint density at radius 2 is 2.13 bits per heavy atom. The van der Waals surface area contributed by atoms with Crippen molar-refractivity contribution in [3.05, 3.63) is 27.8 Å². The first-order valence-electron chi connectivity index (χ1n) is 8.33. The normalized spacial score (nSPS) is 20.2. The molecule has 2 aliphatic rings. The van der Waals surface area contributed by atoms with E-state index in [9.17, 15) is 0 Å². The van der Waals surface area contributed by atoms with Crippen molar-refractivity contribution >= 4 is 11.3 Å². The van der Waals surface area contributed by atoms with Gasteiger partial charge in [-0.3, -0.25) is 4.90 Å². The lowest BCUT2D eigenvalue weighted by Crippen LogP contribution is -2.36. The van der Waals surface area contributed by atoms with Crippen LogP contribution in [0.4, 0.5) is 0 Å². The van der Waals surface area contributed by atoms with E-state index in [1.54, 1.807) is 11.3 Å². The molecule has 0 radical (unpaired) electrons. The van der Waals surface area contributed by atoms with Gasteiger partial charge in [0.2, 0.25) is 0 Å². The van der Waals surface area contributed by atoms with Crippen LogP contribution in [0, 0.1) is 6.92 Å². The second-order valence-electron chi connectivity index (χ2n) is 6.47. The first-order chi connectivity index (χ1) is 11.3. The van der Waals surface area contributed by atoms with Crippen LogP contribution in [-0.2, 0) is 17.9 Å². The molecule has 0 amide bonds. The molecule has 6 nitrogen and oxygen atoms in total. The van der Waals surface area contributed by atoms with Crippen molar-refractivity contribution in [3.8, 4) is 0 Å². The summed E-state index contributed by atoms with van der Waals surface area (Å²) in [5.74, 6) is 2.01. The molecule has 2 aromatic heterocycles. The van der Waals surface area contributed by atoms with Crippen molar-refractivity contribution in [2.75, 3.05) is 13.1 Å². The number of hydrogen-bond donors (Lipinski definition) is 0. The Hall–Kier alpha value is -1.31. The zero-order valence-corrected chi connectivity index (χ0v) is 14.2. The Balaban J connectivity index is 1.21. The minimum Gasteiger partial charge on any atom is -0.368 e. The predicted molar refractivity (Wildman–Crippen MR) is 86.2 cm³/mol. The molecular weight excluding hydrogens is 312 g/mol. The lowest BCUT2D eigenvalue weighted by Gasteiger charge is -2.31. The number of piperidine rings is 1. The Morgan fingerprint density at radius 1 is 1.30 bits per heavy atom. The van der Waals surface area contributed by atoms with E-state index in [2.05, 4.69) is 26.9 Å². The third-order valence-corrected chi connectivity index (χ3v) is 5.54. The van der Waals surface area contributed by atoms with Gasteiger partial charge in [-0.25, -0.2) is 4.98 Å². The maximum atomic E-state index is 5.96. The molecule has 1 aliphatic heterocycles. The molecule has 7 heteroatoms. The average molecular weight is 334 g/mol. The van der Waals surface area contributed by atoms with E-state index in [-0.39, 0.29) is 0 Å². The van der Waals surface area contributed by atoms with E-state index in [1.807, 2.05) is 5.51 Å². The molecule has 0 unspecified atom stereocenters. The summed E-state index contributed by atoms with van der Waals surface area (Å²) in [6.07, 6.45) is 4.79. The Morgan fingerprint density at radius 3 is 2.83 bits per heavy atom. The second kappa shape index (κ2) is 6.67. The molecule has 4 rings (SSSR count). The SMILES string of the molecule is Cc1ncsc1CN1CCC(OCc2nc(C3CC3)no2)CC1. The van der Waals surface area contributed by atoms with Crippen molar-refractivity contribution < 1.29 is 9.26 Å². The van der Waals surface area contributed by atoms with Gasteiger partial charge in [0, 0.05) is 30.4 Å². The smallest absolute Gasteiger partial charge is 0.252 e. The zero-order chi connectivity index (χ0) is 15.6. The molecule has 0 bridgehead atoms. The van der Waals surface area contributed by atoms with E-state index in [4.69, 9.17) is 9.26 Å². The second-order valence-corrected chi connectivity index (χ2v) is 7.41. The van der Waals surface area contributed by atoms with Crippen molar-refractivity contribution in [2.24, 2.45) is 0 Å².